The molecular formula is C19H27FN2O2. The van der Waals surface area contributed by atoms with Crippen molar-refractivity contribution in [2.45, 2.75) is 44.6 Å². The minimum absolute atomic E-state index is 0.188. The van der Waals surface area contributed by atoms with Crippen molar-refractivity contribution in [2.75, 3.05) is 26.2 Å². The van der Waals surface area contributed by atoms with Crippen LogP contribution in [0.3, 0.4) is 0 Å². The zero-order chi connectivity index (χ0) is 17.0. The second kappa shape index (κ2) is 7.62. The van der Waals surface area contributed by atoms with Gasteiger partial charge in [0.15, 0.2) is 0 Å². The number of hydrogen-bond acceptors (Lipinski definition) is 3. The predicted octanol–water partition coefficient (Wildman–Crippen LogP) is 2.68. The summed E-state index contributed by atoms with van der Waals surface area (Å²) in [4.78, 5) is 13.0. The fourth-order valence-electron chi connectivity index (χ4n) is 3.60. The maximum Gasteiger partial charge on any atom is 0.304 e. The highest BCUT2D eigenvalue weighted by molar-refractivity contribution is 5.66. The van der Waals surface area contributed by atoms with Gasteiger partial charge in [0.05, 0.1) is 6.42 Å². The third kappa shape index (κ3) is 5.02. The van der Waals surface area contributed by atoms with Gasteiger partial charge in [-0.1, -0.05) is 12.1 Å². The number of piperidine rings is 1. The average molecular weight is 334 g/mol. The van der Waals surface area contributed by atoms with Crippen LogP contribution in [-0.4, -0.2) is 48.2 Å². The zero-order valence-corrected chi connectivity index (χ0v) is 14.1. The summed E-state index contributed by atoms with van der Waals surface area (Å²) in [5.74, 6) is -0.916. The first kappa shape index (κ1) is 17.4. The lowest BCUT2D eigenvalue weighted by Crippen LogP contribution is -2.47. The highest BCUT2D eigenvalue weighted by Crippen LogP contribution is 2.36. The molecule has 0 radical (unpaired) electrons. The smallest absolute Gasteiger partial charge is 0.304 e. The Bertz CT molecular complexity index is 549. The first-order chi connectivity index (χ1) is 11.5. The van der Waals surface area contributed by atoms with Gasteiger partial charge in [-0.2, -0.15) is 0 Å². The number of aliphatic carboxylic acids is 1. The molecule has 1 aliphatic carbocycles. The molecule has 0 amide bonds. The van der Waals surface area contributed by atoms with Crippen LogP contribution in [-0.2, 0) is 11.2 Å². The van der Waals surface area contributed by atoms with Gasteiger partial charge in [-0.25, -0.2) is 4.39 Å². The number of likely N-dealkylation sites (tertiary alicyclic amines) is 1. The Labute approximate surface area is 143 Å². The summed E-state index contributed by atoms with van der Waals surface area (Å²) >= 11 is 0. The molecule has 2 fully saturated rings. The van der Waals surface area contributed by atoms with Gasteiger partial charge in [-0.15, -0.1) is 0 Å². The summed E-state index contributed by atoms with van der Waals surface area (Å²) in [6.45, 7) is 3.53. The Hall–Kier alpha value is -1.46. The summed E-state index contributed by atoms with van der Waals surface area (Å²) < 4.78 is 13.2. The molecule has 0 bridgehead atoms. The van der Waals surface area contributed by atoms with E-state index in [1.165, 1.54) is 18.4 Å². The molecule has 1 aromatic carbocycles. The number of halogens is 1. The predicted molar refractivity (Wildman–Crippen MR) is 91.5 cm³/mol. The minimum Gasteiger partial charge on any atom is -0.481 e. The largest absolute Gasteiger partial charge is 0.481 e. The van der Waals surface area contributed by atoms with Crippen LogP contribution in [0.4, 0.5) is 4.39 Å². The molecule has 2 N–H and O–H groups in total. The highest BCUT2D eigenvalue weighted by atomic mass is 19.1. The van der Waals surface area contributed by atoms with Crippen molar-refractivity contribution < 1.29 is 14.3 Å². The van der Waals surface area contributed by atoms with Gasteiger partial charge >= 0.3 is 5.97 Å². The van der Waals surface area contributed by atoms with Crippen molar-refractivity contribution in [3.8, 4) is 0 Å². The Morgan fingerprint density at radius 2 is 1.92 bits per heavy atom. The Balaban J connectivity index is 1.60. The molecule has 0 unspecified atom stereocenters. The first-order valence-corrected chi connectivity index (χ1v) is 8.97. The molecule has 1 heterocycles. The molecule has 2 aliphatic rings. The molecule has 4 nitrogen and oxygen atoms in total. The van der Waals surface area contributed by atoms with E-state index in [1.807, 2.05) is 12.1 Å². The fraction of sp³-hybridized carbons (Fsp3) is 0.632. The van der Waals surface area contributed by atoms with Crippen molar-refractivity contribution in [2.24, 2.45) is 5.41 Å². The van der Waals surface area contributed by atoms with E-state index >= 15 is 0 Å². The van der Waals surface area contributed by atoms with Gasteiger partial charge in [0.1, 0.15) is 5.82 Å². The summed E-state index contributed by atoms with van der Waals surface area (Å²) in [6, 6.07) is 7.55. The molecule has 0 aromatic heterocycles. The molecule has 1 aliphatic heterocycles. The number of carboxylic acids is 1. The maximum absolute atomic E-state index is 13.2. The summed E-state index contributed by atoms with van der Waals surface area (Å²) in [6.07, 6.45) is 5.84. The van der Waals surface area contributed by atoms with Crippen LogP contribution < -0.4 is 5.32 Å². The molecular weight excluding hydrogens is 307 g/mol. The van der Waals surface area contributed by atoms with E-state index in [0.717, 1.165) is 38.9 Å². The van der Waals surface area contributed by atoms with E-state index in [4.69, 9.17) is 5.11 Å². The van der Waals surface area contributed by atoms with Crippen molar-refractivity contribution in [1.82, 2.24) is 10.2 Å². The van der Waals surface area contributed by atoms with Crippen molar-refractivity contribution in [3.63, 3.8) is 0 Å². The zero-order valence-electron chi connectivity index (χ0n) is 14.1. The molecule has 24 heavy (non-hydrogen) atoms. The molecule has 5 heteroatoms. The van der Waals surface area contributed by atoms with Crippen molar-refractivity contribution in [3.05, 3.63) is 35.6 Å². The van der Waals surface area contributed by atoms with E-state index in [-0.39, 0.29) is 17.7 Å². The third-order valence-corrected chi connectivity index (χ3v) is 5.39. The van der Waals surface area contributed by atoms with Gasteiger partial charge in [0.2, 0.25) is 0 Å². The molecule has 1 aromatic rings. The second-order valence-electron chi connectivity index (χ2n) is 7.44. The molecule has 132 valence electrons. The highest BCUT2D eigenvalue weighted by Gasteiger charge is 2.36. The maximum atomic E-state index is 13.2. The lowest BCUT2D eigenvalue weighted by Gasteiger charge is -2.42. The van der Waals surface area contributed by atoms with E-state index in [1.54, 1.807) is 12.1 Å². The van der Waals surface area contributed by atoms with E-state index in [0.29, 0.717) is 12.6 Å². The van der Waals surface area contributed by atoms with E-state index in [9.17, 15) is 9.18 Å². The van der Waals surface area contributed by atoms with Crippen LogP contribution in [0.15, 0.2) is 24.3 Å². The molecule has 1 saturated carbocycles. The quantitative estimate of drug-likeness (QED) is 0.767. The molecule has 0 spiro atoms. The minimum atomic E-state index is -0.728. The molecule has 1 saturated heterocycles. The van der Waals surface area contributed by atoms with Gasteiger partial charge < -0.3 is 15.3 Å². The number of carboxylic acid groups (broad SMARTS) is 1. The average Bonchev–Trinajstić information content (AvgIpc) is 3.39. The Kier molecular flexibility index (Phi) is 5.51. The second-order valence-corrected chi connectivity index (χ2v) is 7.44. The molecule has 0 atom stereocenters. The summed E-state index contributed by atoms with van der Waals surface area (Å²) in [7, 11) is 0. The normalized spacial score (nSPS) is 20.9. The number of nitrogens with one attached hydrogen (secondary N) is 1. The monoisotopic (exact) mass is 334 g/mol. The topological polar surface area (TPSA) is 52.6 Å². The fourth-order valence-corrected chi connectivity index (χ4v) is 3.60. The van der Waals surface area contributed by atoms with Crippen molar-refractivity contribution in [1.29, 1.82) is 0 Å². The summed E-state index contributed by atoms with van der Waals surface area (Å²) in [5, 5.41) is 12.5. The third-order valence-electron chi connectivity index (χ3n) is 5.39. The number of rotatable bonds is 8. The van der Waals surface area contributed by atoms with Gasteiger partial charge in [-0.3, -0.25) is 4.79 Å². The van der Waals surface area contributed by atoms with Gasteiger partial charge in [-0.05, 0) is 68.3 Å². The van der Waals surface area contributed by atoms with Gasteiger partial charge in [0, 0.05) is 19.1 Å². The SMILES string of the molecule is O=C(O)CCN1CCC(CNC2CC2)(Cc2ccc(F)cc2)CC1. The summed E-state index contributed by atoms with van der Waals surface area (Å²) in [5.41, 5.74) is 1.38. The number of benzene rings is 1. The molecule has 3 rings (SSSR count). The van der Waals surface area contributed by atoms with Crippen LogP contribution in [0, 0.1) is 11.2 Å². The van der Waals surface area contributed by atoms with Crippen LogP contribution in [0.2, 0.25) is 0 Å². The Morgan fingerprint density at radius 3 is 2.50 bits per heavy atom. The van der Waals surface area contributed by atoms with Crippen LogP contribution >= 0.6 is 0 Å². The van der Waals surface area contributed by atoms with Crippen LogP contribution in [0.25, 0.3) is 0 Å². The van der Waals surface area contributed by atoms with Crippen molar-refractivity contribution >= 4 is 5.97 Å². The first-order valence-electron chi connectivity index (χ1n) is 8.97. The number of carbonyl (C=O) groups is 1. The van der Waals surface area contributed by atoms with Gasteiger partial charge in [0.25, 0.3) is 0 Å². The Morgan fingerprint density at radius 1 is 1.25 bits per heavy atom. The van der Waals surface area contributed by atoms with Crippen LogP contribution in [0.5, 0.6) is 0 Å². The van der Waals surface area contributed by atoms with E-state index in [2.05, 4.69) is 10.2 Å². The lowest BCUT2D eigenvalue weighted by molar-refractivity contribution is -0.137. The lowest BCUT2D eigenvalue weighted by atomic mass is 9.73. The number of hydrogen-bond donors (Lipinski definition) is 2. The van der Waals surface area contributed by atoms with E-state index < -0.39 is 5.97 Å². The number of nitrogens with zero attached hydrogens (tertiary/aromatic N) is 1. The standard InChI is InChI=1S/C19H27FN2O2/c20-16-3-1-15(2-4-16)13-19(14-21-17-5-6-17)8-11-22(12-9-19)10-7-18(23)24/h1-4,17,21H,5-14H2,(H,23,24). The van der Waals surface area contributed by atoms with Crippen LogP contribution in [0.1, 0.15) is 37.7 Å².